The first-order chi connectivity index (χ1) is 14.3. The fourth-order valence-corrected chi connectivity index (χ4v) is 8.53. The Balaban J connectivity index is 1.49. The maximum Gasteiger partial charge on any atom is 0.306 e. The summed E-state index contributed by atoms with van der Waals surface area (Å²) in [5, 5.41) is 4.19. The van der Waals surface area contributed by atoms with Gasteiger partial charge in [-0.25, -0.2) is 0 Å². The zero-order valence-electron chi connectivity index (χ0n) is 18.1. The fourth-order valence-electron chi connectivity index (χ4n) is 8.53. The van der Waals surface area contributed by atoms with Crippen molar-refractivity contribution in [2.75, 3.05) is 7.11 Å². The van der Waals surface area contributed by atoms with Crippen molar-refractivity contribution in [1.29, 1.82) is 0 Å². The molecular formula is C25H31NO4. The van der Waals surface area contributed by atoms with Crippen molar-refractivity contribution in [3.63, 3.8) is 0 Å². The Morgan fingerprint density at radius 2 is 2.07 bits per heavy atom. The monoisotopic (exact) mass is 409 g/mol. The molecule has 0 aromatic heterocycles. The molecular weight excluding hydrogens is 378 g/mol. The summed E-state index contributed by atoms with van der Waals surface area (Å²) in [7, 11) is 1.59. The first kappa shape index (κ1) is 18.8. The third-order valence-corrected chi connectivity index (χ3v) is 9.92. The van der Waals surface area contributed by atoms with E-state index in [1.165, 1.54) is 17.6 Å². The minimum atomic E-state index is -0.274. The third kappa shape index (κ3) is 2.12. The average Bonchev–Trinajstić information content (AvgIpc) is 3.35. The molecule has 4 fully saturated rings. The number of hydrogen-bond donors (Lipinski definition) is 0. The average molecular weight is 410 g/mol. The van der Waals surface area contributed by atoms with E-state index >= 15 is 0 Å². The number of ketones is 1. The Bertz CT molecular complexity index is 933. The summed E-state index contributed by atoms with van der Waals surface area (Å²) in [6.45, 7) is 4.74. The lowest BCUT2D eigenvalue weighted by molar-refractivity contribution is -0.166. The number of hydrogen-bond acceptors (Lipinski definition) is 5. The summed E-state index contributed by atoms with van der Waals surface area (Å²) in [5.74, 6) is 2.49. The number of carbonyl (C=O) groups excluding carboxylic acids is 2. The van der Waals surface area contributed by atoms with Gasteiger partial charge in [-0.3, -0.25) is 9.59 Å². The highest BCUT2D eigenvalue weighted by Crippen LogP contribution is 2.78. The van der Waals surface area contributed by atoms with Gasteiger partial charge in [-0.15, -0.1) is 0 Å². The first-order valence-corrected chi connectivity index (χ1v) is 11.6. The standard InChI is InChI=1S/C25H31NO4/c1-23-7-4-16(27)11-15(23)10-14(13-26-29-3)21-18(23)5-8-24(2)22(21)17-12-19(17)25(24)9-6-20(28)30-25/h5,11,13-14,17,19,21-22H,4,6-10,12H2,1-3H3/b26-13+/t14-,17-,19+,21?,22?,23+,24+,25+/m1/s1. The number of oxime groups is 1. The van der Waals surface area contributed by atoms with Crippen LogP contribution in [0.25, 0.3) is 0 Å². The molecule has 6 rings (SSSR count). The fraction of sp³-hybridized carbons (Fsp3) is 0.720. The molecule has 0 aromatic carbocycles. The lowest BCUT2D eigenvalue weighted by Crippen LogP contribution is -2.55. The molecule has 1 aliphatic heterocycles. The predicted molar refractivity (Wildman–Crippen MR) is 111 cm³/mol. The minimum Gasteiger partial charge on any atom is -0.458 e. The molecule has 160 valence electrons. The maximum absolute atomic E-state index is 12.2. The van der Waals surface area contributed by atoms with Crippen LogP contribution in [0.3, 0.4) is 0 Å². The molecule has 30 heavy (non-hydrogen) atoms. The molecule has 0 aromatic rings. The number of nitrogens with zero attached hydrogens (tertiary/aromatic N) is 1. The molecule has 0 amide bonds. The van der Waals surface area contributed by atoms with Gasteiger partial charge in [0.15, 0.2) is 5.78 Å². The van der Waals surface area contributed by atoms with Crippen LogP contribution in [-0.2, 0) is 19.2 Å². The molecule has 0 N–H and O–H groups in total. The molecule has 2 unspecified atom stereocenters. The van der Waals surface area contributed by atoms with Crippen LogP contribution >= 0.6 is 0 Å². The van der Waals surface area contributed by atoms with Gasteiger partial charge in [-0.1, -0.05) is 36.2 Å². The molecule has 1 spiro atoms. The van der Waals surface area contributed by atoms with Gasteiger partial charge >= 0.3 is 5.97 Å². The van der Waals surface area contributed by atoms with Crippen molar-refractivity contribution in [2.45, 2.75) is 64.4 Å². The summed E-state index contributed by atoms with van der Waals surface area (Å²) in [4.78, 5) is 29.5. The van der Waals surface area contributed by atoms with Gasteiger partial charge in [0.25, 0.3) is 0 Å². The quantitative estimate of drug-likeness (QED) is 0.296. The van der Waals surface area contributed by atoms with E-state index in [0.29, 0.717) is 36.5 Å². The lowest BCUT2D eigenvalue weighted by Gasteiger charge is -2.57. The van der Waals surface area contributed by atoms with E-state index in [1.807, 2.05) is 12.3 Å². The van der Waals surface area contributed by atoms with E-state index in [4.69, 9.17) is 9.57 Å². The number of allylic oxidation sites excluding steroid dienone is 4. The number of carbonyl (C=O) groups is 2. The van der Waals surface area contributed by atoms with Gasteiger partial charge in [-0.2, -0.15) is 0 Å². The van der Waals surface area contributed by atoms with E-state index < -0.39 is 0 Å². The molecule has 1 saturated heterocycles. The van der Waals surface area contributed by atoms with Gasteiger partial charge in [-0.05, 0) is 55.9 Å². The Hall–Kier alpha value is -1.91. The Labute approximate surface area is 177 Å². The van der Waals surface area contributed by atoms with Crippen molar-refractivity contribution in [2.24, 2.45) is 45.6 Å². The molecule has 1 heterocycles. The van der Waals surface area contributed by atoms with Crippen molar-refractivity contribution in [3.8, 4) is 0 Å². The zero-order chi connectivity index (χ0) is 20.9. The highest BCUT2D eigenvalue weighted by molar-refractivity contribution is 5.92. The van der Waals surface area contributed by atoms with E-state index in [2.05, 4.69) is 25.1 Å². The third-order valence-electron chi connectivity index (χ3n) is 9.92. The lowest BCUT2D eigenvalue weighted by atomic mass is 9.47. The normalized spacial score (nSPS) is 51.0. The molecule has 6 aliphatic rings. The summed E-state index contributed by atoms with van der Waals surface area (Å²) in [6, 6.07) is 0. The second kappa shape index (κ2) is 5.86. The van der Waals surface area contributed by atoms with Crippen molar-refractivity contribution in [3.05, 3.63) is 23.3 Å². The summed E-state index contributed by atoms with van der Waals surface area (Å²) >= 11 is 0. The molecule has 0 radical (unpaired) electrons. The van der Waals surface area contributed by atoms with Gasteiger partial charge in [0.2, 0.25) is 0 Å². The number of esters is 1. The Morgan fingerprint density at radius 1 is 1.23 bits per heavy atom. The second-order valence-electron chi connectivity index (χ2n) is 11.0. The summed E-state index contributed by atoms with van der Waals surface area (Å²) in [6.07, 6.45) is 12.4. The number of ether oxygens (including phenoxy) is 1. The van der Waals surface area contributed by atoms with Crippen LogP contribution in [-0.4, -0.2) is 30.7 Å². The second-order valence-corrected chi connectivity index (χ2v) is 11.0. The number of rotatable bonds is 2. The van der Waals surface area contributed by atoms with Crippen LogP contribution in [0.4, 0.5) is 0 Å². The van der Waals surface area contributed by atoms with Gasteiger partial charge < -0.3 is 9.57 Å². The highest BCUT2D eigenvalue weighted by Gasteiger charge is 2.78. The Morgan fingerprint density at radius 3 is 2.80 bits per heavy atom. The van der Waals surface area contributed by atoms with Crippen LogP contribution < -0.4 is 0 Å². The topological polar surface area (TPSA) is 65.0 Å². The van der Waals surface area contributed by atoms with Crippen LogP contribution in [0.5, 0.6) is 0 Å². The number of fused-ring (bicyclic) bond motifs is 9. The molecule has 3 saturated carbocycles. The van der Waals surface area contributed by atoms with Gasteiger partial charge in [0.1, 0.15) is 12.7 Å². The summed E-state index contributed by atoms with van der Waals surface area (Å²) < 4.78 is 6.20. The zero-order valence-corrected chi connectivity index (χ0v) is 18.1. The van der Waals surface area contributed by atoms with Gasteiger partial charge in [0.05, 0.1) is 0 Å². The molecule has 5 aliphatic carbocycles. The van der Waals surface area contributed by atoms with Gasteiger partial charge in [0, 0.05) is 41.7 Å². The van der Waals surface area contributed by atoms with Crippen molar-refractivity contribution < 1.29 is 19.2 Å². The summed E-state index contributed by atoms with van der Waals surface area (Å²) in [5.41, 5.74) is 2.47. The highest BCUT2D eigenvalue weighted by atomic mass is 16.6. The van der Waals surface area contributed by atoms with E-state index in [1.54, 1.807) is 7.11 Å². The van der Waals surface area contributed by atoms with Crippen LogP contribution in [0.1, 0.15) is 58.8 Å². The molecule has 8 atom stereocenters. The predicted octanol–water partition coefficient (Wildman–Crippen LogP) is 4.23. The minimum absolute atomic E-state index is 0.0118. The van der Waals surface area contributed by atoms with Crippen LogP contribution in [0.2, 0.25) is 0 Å². The van der Waals surface area contributed by atoms with Crippen molar-refractivity contribution in [1.82, 2.24) is 0 Å². The molecule has 5 nitrogen and oxygen atoms in total. The van der Waals surface area contributed by atoms with Crippen molar-refractivity contribution >= 4 is 18.0 Å². The Kier molecular flexibility index (Phi) is 3.68. The molecule has 0 bridgehead atoms. The van der Waals surface area contributed by atoms with E-state index in [-0.39, 0.29) is 34.1 Å². The van der Waals surface area contributed by atoms with Crippen LogP contribution in [0, 0.1) is 40.4 Å². The maximum atomic E-state index is 12.2. The van der Waals surface area contributed by atoms with Crippen LogP contribution in [0.15, 0.2) is 28.5 Å². The van der Waals surface area contributed by atoms with E-state index in [9.17, 15) is 9.59 Å². The smallest absolute Gasteiger partial charge is 0.306 e. The largest absolute Gasteiger partial charge is 0.458 e. The van der Waals surface area contributed by atoms with E-state index in [0.717, 1.165) is 25.7 Å². The SMILES string of the molecule is CO/N=C/[C@H]1CC2=CC(=O)CC[C@]2(C)C2=CC[C@@]3(C)C(C21)[C@@H]1C[C@@H]1[C@@]31CCC(=O)O1. The molecule has 5 heteroatoms. The first-order valence-electron chi connectivity index (χ1n) is 11.6.